The van der Waals surface area contributed by atoms with Crippen molar-refractivity contribution < 1.29 is 14.7 Å². The van der Waals surface area contributed by atoms with E-state index in [9.17, 15) is 9.59 Å². The van der Waals surface area contributed by atoms with Gasteiger partial charge in [0.15, 0.2) is 0 Å². The van der Waals surface area contributed by atoms with E-state index in [1.807, 2.05) is 77.7 Å². The molecule has 2 heterocycles. The molecule has 8 heteroatoms. The van der Waals surface area contributed by atoms with Crippen LogP contribution in [-0.4, -0.2) is 57.5 Å². The largest absolute Gasteiger partial charge is 0.481 e. The minimum atomic E-state index is -0.797. The summed E-state index contributed by atoms with van der Waals surface area (Å²) >= 11 is 6.04. The smallest absolute Gasteiger partial charge is 0.303 e. The zero-order valence-electron chi connectivity index (χ0n) is 21.9. The van der Waals surface area contributed by atoms with Gasteiger partial charge >= 0.3 is 5.97 Å². The number of nitrogens with zero attached hydrogens (tertiary/aromatic N) is 4. The van der Waals surface area contributed by atoms with E-state index in [2.05, 4.69) is 11.8 Å². The number of fused-ring (bicyclic) bond motifs is 1. The van der Waals surface area contributed by atoms with Gasteiger partial charge in [-0.1, -0.05) is 41.9 Å². The Morgan fingerprint density at radius 3 is 2.44 bits per heavy atom. The molecule has 7 nitrogen and oxygen atoms in total. The molecule has 3 aromatic carbocycles. The molecule has 1 aliphatic rings. The maximum atomic E-state index is 13.6. The minimum Gasteiger partial charge on any atom is -0.481 e. The van der Waals surface area contributed by atoms with Gasteiger partial charge in [0, 0.05) is 53.9 Å². The first-order chi connectivity index (χ1) is 18.9. The highest BCUT2D eigenvalue weighted by Crippen LogP contribution is 2.27. The number of piperazine rings is 1. The van der Waals surface area contributed by atoms with Crippen LogP contribution >= 0.6 is 11.6 Å². The SMILES string of the molecule is CC1CN(c2ccc(Cl)cc2)CCN1C(=O)c1ccc2nc(-c3ccccc3)c(CCCCC(=O)O)nc2c1. The Hall–Kier alpha value is -3.97. The topological polar surface area (TPSA) is 86.6 Å². The maximum Gasteiger partial charge on any atom is 0.303 e. The molecule has 0 saturated carbocycles. The molecular formula is C31H31ClN4O3. The number of aliphatic carboxylic acids is 1. The molecule has 200 valence electrons. The Kier molecular flexibility index (Phi) is 8.07. The van der Waals surface area contributed by atoms with Crippen molar-refractivity contribution in [2.75, 3.05) is 24.5 Å². The lowest BCUT2D eigenvalue weighted by molar-refractivity contribution is -0.137. The zero-order valence-corrected chi connectivity index (χ0v) is 22.6. The predicted octanol–water partition coefficient (Wildman–Crippen LogP) is 6.10. The normalized spacial score (nSPS) is 15.5. The molecule has 4 aromatic rings. The van der Waals surface area contributed by atoms with Crippen molar-refractivity contribution in [3.63, 3.8) is 0 Å². The van der Waals surface area contributed by atoms with Gasteiger partial charge in [-0.25, -0.2) is 9.97 Å². The number of unbranched alkanes of at least 4 members (excludes halogenated alkanes) is 1. The second kappa shape index (κ2) is 11.8. The number of hydrogen-bond acceptors (Lipinski definition) is 5. The van der Waals surface area contributed by atoms with E-state index in [-0.39, 0.29) is 18.4 Å². The molecule has 1 N–H and O–H groups in total. The van der Waals surface area contributed by atoms with Crippen molar-refractivity contribution in [2.45, 2.75) is 38.6 Å². The number of aromatic nitrogens is 2. The van der Waals surface area contributed by atoms with E-state index in [1.54, 1.807) is 0 Å². The predicted molar refractivity (Wildman–Crippen MR) is 154 cm³/mol. The summed E-state index contributed by atoms with van der Waals surface area (Å²) in [6.07, 6.45) is 2.01. The van der Waals surface area contributed by atoms with Crippen LogP contribution in [-0.2, 0) is 11.2 Å². The maximum absolute atomic E-state index is 13.6. The standard InChI is InChI=1S/C31H31ClN4O3/c1-21-20-35(25-14-12-24(32)13-15-25)17-18-36(21)31(39)23-11-16-26-28(19-23)33-27(9-5-6-10-29(37)38)30(34-26)22-7-3-2-4-8-22/h2-4,7-8,11-16,19,21H,5-6,9-10,17-18,20H2,1H3,(H,37,38). The second-order valence-electron chi connectivity index (χ2n) is 9.96. The Morgan fingerprint density at radius 1 is 0.949 bits per heavy atom. The van der Waals surface area contributed by atoms with Crippen LogP contribution in [0.5, 0.6) is 0 Å². The summed E-state index contributed by atoms with van der Waals surface area (Å²) in [6.45, 7) is 4.17. The van der Waals surface area contributed by atoms with Gasteiger partial charge in [-0.15, -0.1) is 0 Å². The third kappa shape index (κ3) is 6.20. The monoisotopic (exact) mass is 542 g/mol. The number of hydrogen-bond donors (Lipinski definition) is 1. The van der Waals surface area contributed by atoms with Gasteiger partial charge in [0.1, 0.15) is 0 Å². The number of carbonyl (C=O) groups excluding carboxylic acids is 1. The Labute approximate surface area is 233 Å². The van der Waals surface area contributed by atoms with E-state index in [0.717, 1.165) is 41.2 Å². The highest BCUT2D eigenvalue weighted by molar-refractivity contribution is 6.30. The number of amides is 1. The van der Waals surface area contributed by atoms with Crippen LogP contribution < -0.4 is 4.90 Å². The summed E-state index contributed by atoms with van der Waals surface area (Å²) in [6, 6.07) is 23.2. The Bertz CT molecular complexity index is 1480. The van der Waals surface area contributed by atoms with Crippen LogP contribution in [0.4, 0.5) is 5.69 Å². The molecule has 1 aromatic heterocycles. The summed E-state index contributed by atoms with van der Waals surface area (Å²) in [7, 11) is 0. The molecule has 1 unspecified atom stereocenters. The van der Waals surface area contributed by atoms with Crippen molar-refractivity contribution in [3.8, 4) is 11.3 Å². The molecule has 1 fully saturated rings. The summed E-state index contributed by atoms with van der Waals surface area (Å²) in [5, 5.41) is 9.71. The number of carboxylic acid groups (broad SMARTS) is 1. The van der Waals surface area contributed by atoms with E-state index in [1.165, 1.54) is 0 Å². The summed E-state index contributed by atoms with van der Waals surface area (Å²) in [5.41, 5.74) is 5.66. The van der Waals surface area contributed by atoms with Gasteiger partial charge in [-0.3, -0.25) is 9.59 Å². The first kappa shape index (κ1) is 26.6. The van der Waals surface area contributed by atoms with E-state index < -0.39 is 5.97 Å². The molecule has 0 aliphatic carbocycles. The summed E-state index contributed by atoms with van der Waals surface area (Å²) in [4.78, 5) is 38.6. The quantitative estimate of drug-likeness (QED) is 0.271. The van der Waals surface area contributed by atoms with Crippen LogP contribution in [0.15, 0.2) is 72.8 Å². The summed E-state index contributed by atoms with van der Waals surface area (Å²) < 4.78 is 0. The number of anilines is 1. The molecule has 0 bridgehead atoms. The molecule has 1 amide bonds. The third-order valence-corrected chi connectivity index (χ3v) is 7.42. The van der Waals surface area contributed by atoms with E-state index >= 15 is 0 Å². The number of aryl methyl sites for hydroxylation is 1. The van der Waals surface area contributed by atoms with E-state index in [0.29, 0.717) is 41.9 Å². The van der Waals surface area contributed by atoms with Gasteiger partial charge < -0.3 is 14.9 Å². The van der Waals surface area contributed by atoms with Crippen molar-refractivity contribution in [1.29, 1.82) is 0 Å². The fourth-order valence-electron chi connectivity index (χ4n) is 5.11. The van der Waals surface area contributed by atoms with Crippen LogP contribution in [0.25, 0.3) is 22.3 Å². The lowest BCUT2D eigenvalue weighted by Gasteiger charge is -2.41. The Balaban J connectivity index is 1.38. The first-order valence-electron chi connectivity index (χ1n) is 13.3. The van der Waals surface area contributed by atoms with Crippen molar-refractivity contribution in [3.05, 3.63) is 89.1 Å². The van der Waals surface area contributed by atoms with Gasteiger partial charge in [-0.2, -0.15) is 0 Å². The van der Waals surface area contributed by atoms with Crippen LogP contribution in [0, 0.1) is 0 Å². The number of benzene rings is 3. The van der Waals surface area contributed by atoms with Gasteiger partial charge in [0.05, 0.1) is 22.4 Å². The number of halogens is 1. The molecular weight excluding hydrogens is 512 g/mol. The second-order valence-corrected chi connectivity index (χ2v) is 10.4. The highest BCUT2D eigenvalue weighted by Gasteiger charge is 2.28. The molecule has 1 aliphatic heterocycles. The van der Waals surface area contributed by atoms with Crippen LogP contribution in [0.1, 0.15) is 42.2 Å². The highest BCUT2D eigenvalue weighted by atomic mass is 35.5. The molecule has 1 saturated heterocycles. The van der Waals surface area contributed by atoms with Crippen molar-refractivity contribution >= 4 is 40.2 Å². The zero-order chi connectivity index (χ0) is 27.4. The van der Waals surface area contributed by atoms with E-state index in [4.69, 9.17) is 26.7 Å². The fourth-order valence-corrected chi connectivity index (χ4v) is 5.23. The van der Waals surface area contributed by atoms with Gasteiger partial charge in [0.2, 0.25) is 0 Å². The lowest BCUT2D eigenvalue weighted by Crippen LogP contribution is -2.54. The van der Waals surface area contributed by atoms with Gasteiger partial charge in [0.25, 0.3) is 5.91 Å². The molecule has 0 spiro atoms. The van der Waals surface area contributed by atoms with Crippen LogP contribution in [0.3, 0.4) is 0 Å². The van der Waals surface area contributed by atoms with Crippen LogP contribution in [0.2, 0.25) is 5.02 Å². The number of carboxylic acids is 1. The number of carbonyl (C=O) groups is 2. The molecule has 5 rings (SSSR count). The Morgan fingerprint density at radius 2 is 1.72 bits per heavy atom. The van der Waals surface area contributed by atoms with Crippen molar-refractivity contribution in [2.24, 2.45) is 0 Å². The number of rotatable bonds is 8. The van der Waals surface area contributed by atoms with Crippen molar-refractivity contribution in [1.82, 2.24) is 14.9 Å². The minimum absolute atomic E-state index is 0.0166. The molecule has 39 heavy (non-hydrogen) atoms. The fraction of sp³-hybridized carbons (Fsp3) is 0.290. The third-order valence-electron chi connectivity index (χ3n) is 7.16. The average Bonchev–Trinajstić information content (AvgIpc) is 2.95. The molecule has 0 radical (unpaired) electrons. The van der Waals surface area contributed by atoms with Gasteiger partial charge in [-0.05, 0) is 68.7 Å². The molecule has 1 atom stereocenters. The average molecular weight is 543 g/mol. The lowest BCUT2D eigenvalue weighted by atomic mass is 10.0. The summed E-state index contributed by atoms with van der Waals surface area (Å²) in [5.74, 6) is -0.814. The first-order valence-corrected chi connectivity index (χ1v) is 13.7.